The number of aromatic nitrogens is 4. The number of carbonyl (C=O) groups is 1. The lowest BCUT2D eigenvalue weighted by atomic mass is 9.95. The summed E-state index contributed by atoms with van der Waals surface area (Å²) in [7, 11) is 1.48. The van der Waals surface area contributed by atoms with Crippen molar-refractivity contribution in [1.82, 2.24) is 20.2 Å². The largest absolute Gasteiger partial charge is 0.493 e. The molecule has 4 rings (SSSR count). The lowest BCUT2D eigenvalue weighted by Crippen LogP contribution is -2.29. The molecule has 0 amide bonds. The van der Waals surface area contributed by atoms with E-state index in [1.807, 2.05) is 0 Å². The quantitative estimate of drug-likeness (QED) is 0.376. The van der Waals surface area contributed by atoms with Crippen molar-refractivity contribution in [3.63, 3.8) is 0 Å². The highest BCUT2D eigenvalue weighted by Gasteiger charge is 2.35. The van der Waals surface area contributed by atoms with Gasteiger partial charge in [-0.25, -0.2) is 9.18 Å². The summed E-state index contributed by atoms with van der Waals surface area (Å²) >= 11 is 6.10. The fourth-order valence-electron chi connectivity index (χ4n) is 3.59. The molecule has 2 aromatic carbocycles. The number of ether oxygens (including phenoxy) is 3. The molecule has 1 aliphatic rings. The molecule has 1 aromatic heterocycles. The highest BCUT2D eigenvalue weighted by Crippen LogP contribution is 2.39. The van der Waals surface area contributed by atoms with Gasteiger partial charge in [0.15, 0.2) is 11.5 Å². The van der Waals surface area contributed by atoms with Crippen LogP contribution in [0.5, 0.6) is 11.5 Å². The van der Waals surface area contributed by atoms with Crippen molar-refractivity contribution < 1.29 is 23.4 Å². The number of nitrogens with one attached hydrogen (secondary N) is 1. The first-order chi connectivity index (χ1) is 16.4. The predicted octanol–water partition coefficient (Wildman–Crippen LogP) is 4.07. The molecule has 0 aliphatic carbocycles. The van der Waals surface area contributed by atoms with Gasteiger partial charge in [-0.05, 0) is 47.2 Å². The number of benzene rings is 2. The monoisotopic (exact) mass is 485 g/mol. The van der Waals surface area contributed by atoms with Crippen LogP contribution in [0, 0.1) is 5.82 Å². The number of halogens is 2. The third kappa shape index (κ3) is 4.44. The highest BCUT2D eigenvalue weighted by molar-refractivity contribution is 6.31. The molecule has 34 heavy (non-hydrogen) atoms. The Morgan fingerprint density at radius 2 is 2.15 bits per heavy atom. The standard InChI is InChI=1S/C23H21ClFN5O4/c1-4-10-33-22(31)20-13(2)26-23-27-28-29-30(23)21(20)14-8-9-18(19(11-14)32-3)34-12-15-16(24)6-5-7-17(15)25/h4-9,11,21H,1,10,12H2,2-3H3,(H,26,27,29). The summed E-state index contributed by atoms with van der Waals surface area (Å²) in [5, 5.41) is 15.0. The smallest absolute Gasteiger partial charge is 0.338 e. The zero-order valence-electron chi connectivity index (χ0n) is 18.4. The fourth-order valence-corrected chi connectivity index (χ4v) is 3.81. The second kappa shape index (κ2) is 9.92. The number of nitrogens with zero attached hydrogens (tertiary/aromatic N) is 4. The van der Waals surface area contributed by atoms with Gasteiger partial charge in [0.25, 0.3) is 0 Å². The van der Waals surface area contributed by atoms with Crippen LogP contribution in [0.2, 0.25) is 5.02 Å². The van der Waals surface area contributed by atoms with E-state index >= 15 is 0 Å². The Morgan fingerprint density at radius 1 is 1.32 bits per heavy atom. The average Bonchev–Trinajstić information content (AvgIpc) is 3.29. The second-order valence-corrected chi connectivity index (χ2v) is 7.71. The third-order valence-corrected chi connectivity index (χ3v) is 5.56. The minimum Gasteiger partial charge on any atom is -0.493 e. The van der Waals surface area contributed by atoms with Gasteiger partial charge in [0.05, 0.1) is 17.7 Å². The van der Waals surface area contributed by atoms with Gasteiger partial charge in [-0.15, -0.1) is 0 Å². The van der Waals surface area contributed by atoms with Crippen LogP contribution in [0.15, 0.2) is 60.3 Å². The molecular weight excluding hydrogens is 465 g/mol. The minimum atomic E-state index is -0.687. The molecule has 1 unspecified atom stereocenters. The lowest BCUT2D eigenvalue weighted by Gasteiger charge is -2.27. The molecule has 176 valence electrons. The summed E-state index contributed by atoms with van der Waals surface area (Å²) in [6, 6.07) is 8.85. The SMILES string of the molecule is C=CCOC(=O)C1=C(C)Nc2nnnn2C1c1ccc(OCc2c(F)cccc2Cl)c(OC)c1. The number of rotatable bonds is 8. The Labute approximate surface area is 199 Å². The number of allylic oxidation sites excluding steroid dienone is 1. The highest BCUT2D eigenvalue weighted by atomic mass is 35.5. The van der Waals surface area contributed by atoms with E-state index in [0.717, 1.165) is 0 Å². The summed E-state index contributed by atoms with van der Waals surface area (Å²) in [6.45, 7) is 5.28. The first-order valence-electron chi connectivity index (χ1n) is 10.2. The molecule has 0 fully saturated rings. The molecule has 9 nitrogen and oxygen atoms in total. The van der Waals surface area contributed by atoms with Gasteiger partial charge in [-0.1, -0.05) is 41.5 Å². The van der Waals surface area contributed by atoms with Gasteiger partial charge < -0.3 is 19.5 Å². The summed E-state index contributed by atoms with van der Waals surface area (Å²) in [5.74, 6) is 0.107. The maximum Gasteiger partial charge on any atom is 0.338 e. The van der Waals surface area contributed by atoms with Crippen LogP contribution >= 0.6 is 11.6 Å². The molecule has 0 radical (unpaired) electrons. The maximum absolute atomic E-state index is 14.1. The second-order valence-electron chi connectivity index (χ2n) is 7.30. The first kappa shape index (κ1) is 23.2. The molecule has 1 atom stereocenters. The maximum atomic E-state index is 14.1. The average molecular weight is 486 g/mol. The Bertz CT molecular complexity index is 1260. The van der Waals surface area contributed by atoms with Gasteiger partial charge in [0.2, 0.25) is 5.95 Å². The fraction of sp³-hybridized carbons (Fsp3) is 0.217. The van der Waals surface area contributed by atoms with Gasteiger partial charge in [-0.2, -0.15) is 4.68 Å². The molecule has 0 saturated carbocycles. The van der Waals surface area contributed by atoms with Crippen LogP contribution in [0.1, 0.15) is 24.1 Å². The van der Waals surface area contributed by atoms with Crippen molar-refractivity contribution in [2.24, 2.45) is 0 Å². The lowest BCUT2D eigenvalue weighted by molar-refractivity contribution is -0.138. The van der Waals surface area contributed by atoms with Crippen LogP contribution < -0.4 is 14.8 Å². The van der Waals surface area contributed by atoms with E-state index in [1.165, 1.54) is 30.0 Å². The Balaban J connectivity index is 1.69. The molecule has 1 aliphatic heterocycles. The predicted molar refractivity (Wildman–Crippen MR) is 122 cm³/mol. The summed E-state index contributed by atoms with van der Waals surface area (Å²) < 4.78 is 32.2. The topological polar surface area (TPSA) is 100 Å². The van der Waals surface area contributed by atoms with Crippen molar-refractivity contribution in [1.29, 1.82) is 0 Å². The Morgan fingerprint density at radius 3 is 2.88 bits per heavy atom. The zero-order chi connectivity index (χ0) is 24.2. The molecule has 3 aromatic rings. The molecule has 0 saturated heterocycles. The zero-order valence-corrected chi connectivity index (χ0v) is 19.2. The van der Waals surface area contributed by atoms with Crippen LogP contribution in [-0.2, 0) is 16.1 Å². The van der Waals surface area contributed by atoms with Crippen molar-refractivity contribution in [2.75, 3.05) is 19.0 Å². The van der Waals surface area contributed by atoms with E-state index in [9.17, 15) is 9.18 Å². The summed E-state index contributed by atoms with van der Waals surface area (Å²) in [6.07, 6.45) is 1.48. The van der Waals surface area contributed by atoms with Gasteiger partial charge in [0, 0.05) is 11.3 Å². The van der Waals surface area contributed by atoms with E-state index in [4.69, 9.17) is 25.8 Å². The van der Waals surface area contributed by atoms with Crippen LogP contribution in [0.4, 0.5) is 10.3 Å². The van der Waals surface area contributed by atoms with Crippen molar-refractivity contribution in [3.8, 4) is 11.5 Å². The van der Waals surface area contributed by atoms with Crippen LogP contribution in [0.25, 0.3) is 0 Å². The number of methoxy groups -OCH3 is 1. The molecule has 11 heteroatoms. The molecule has 1 N–H and O–H groups in total. The summed E-state index contributed by atoms with van der Waals surface area (Å²) in [5.41, 5.74) is 1.76. The normalized spacial score (nSPS) is 14.8. The molecule has 0 spiro atoms. The van der Waals surface area contributed by atoms with Crippen molar-refractivity contribution in [3.05, 3.63) is 82.3 Å². The number of hydrogen-bond acceptors (Lipinski definition) is 8. The van der Waals surface area contributed by atoms with Crippen LogP contribution in [0.3, 0.4) is 0 Å². The van der Waals surface area contributed by atoms with Gasteiger partial charge in [-0.3, -0.25) is 0 Å². The molecule has 0 bridgehead atoms. The number of hydrogen-bond donors (Lipinski definition) is 1. The summed E-state index contributed by atoms with van der Waals surface area (Å²) in [4.78, 5) is 12.9. The first-order valence-corrected chi connectivity index (χ1v) is 10.6. The number of esters is 1. The molecule has 2 heterocycles. The minimum absolute atomic E-state index is 0.0551. The van der Waals surface area contributed by atoms with Crippen LogP contribution in [-0.4, -0.2) is 39.9 Å². The van der Waals surface area contributed by atoms with E-state index in [2.05, 4.69) is 27.4 Å². The number of fused-ring (bicyclic) bond motifs is 1. The van der Waals surface area contributed by atoms with E-state index < -0.39 is 17.8 Å². The van der Waals surface area contributed by atoms with Crippen molar-refractivity contribution >= 4 is 23.5 Å². The van der Waals surface area contributed by atoms with Crippen molar-refractivity contribution in [2.45, 2.75) is 19.6 Å². The molecular formula is C23H21ClFN5O4. The van der Waals surface area contributed by atoms with E-state index in [1.54, 1.807) is 31.2 Å². The van der Waals surface area contributed by atoms with Gasteiger partial charge in [0.1, 0.15) is 25.1 Å². The van der Waals surface area contributed by atoms with E-state index in [-0.39, 0.29) is 23.8 Å². The number of tetrazole rings is 1. The Hall–Kier alpha value is -3.92. The van der Waals surface area contributed by atoms with Gasteiger partial charge >= 0.3 is 5.97 Å². The van der Waals surface area contributed by atoms with E-state index in [0.29, 0.717) is 34.3 Å². The Kier molecular flexibility index (Phi) is 6.78. The third-order valence-electron chi connectivity index (χ3n) is 5.20. The number of carbonyl (C=O) groups excluding carboxylic acids is 1. The number of anilines is 1.